The fourth-order valence-corrected chi connectivity index (χ4v) is 4.31. The topological polar surface area (TPSA) is 90.9 Å². The highest BCUT2D eigenvalue weighted by Gasteiger charge is 2.45. The van der Waals surface area contributed by atoms with Gasteiger partial charge in [-0.05, 0) is 44.8 Å². The monoisotopic (exact) mass is 495 g/mol. The predicted molar refractivity (Wildman–Crippen MR) is 132 cm³/mol. The first-order valence-corrected chi connectivity index (χ1v) is 13.1. The smallest absolute Gasteiger partial charge is 0.467 e. The van der Waals surface area contributed by atoms with Crippen LogP contribution in [-0.2, 0) is 30.2 Å². The van der Waals surface area contributed by atoms with Gasteiger partial charge in [-0.15, -0.1) is 0 Å². The van der Waals surface area contributed by atoms with E-state index in [4.69, 9.17) is 14.2 Å². The van der Waals surface area contributed by atoms with E-state index in [1.807, 2.05) is 57.4 Å². The lowest BCUT2D eigenvalue weighted by molar-refractivity contribution is -0.867. The summed E-state index contributed by atoms with van der Waals surface area (Å²) in [5, 5.41) is 2.80. The summed E-state index contributed by atoms with van der Waals surface area (Å²) in [6, 6.07) is 8.78. The quantitative estimate of drug-likeness (QED) is 0.371. The van der Waals surface area contributed by atoms with Crippen LogP contribution in [0.25, 0.3) is 0 Å². The number of nitrogens with zero attached hydrogens (tertiary/aromatic N) is 1. The van der Waals surface area contributed by atoms with E-state index < -0.39 is 29.6 Å². The maximum Gasteiger partial charge on any atom is 0.518 e. The molecule has 2 rings (SSSR count). The van der Waals surface area contributed by atoms with Crippen molar-refractivity contribution in [2.45, 2.75) is 64.2 Å². The van der Waals surface area contributed by atoms with Crippen molar-refractivity contribution in [2.75, 3.05) is 38.9 Å². The maximum absolute atomic E-state index is 13.3. The molecular formula is C25H39N2O6S+. The van der Waals surface area contributed by atoms with E-state index in [1.165, 1.54) is 7.11 Å². The minimum atomic E-state index is -0.873. The Labute approximate surface area is 207 Å². The zero-order valence-corrected chi connectivity index (χ0v) is 21.8. The number of thioether (sulfide) groups is 1. The van der Waals surface area contributed by atoms with Gasteiger partial charge in [0, 0.05) is 19.3 Å². The Balaban J connectivity index is 2.19. The largest absolute Gasteiger partial charge is 0.518 e. The normalized spacial score (nSPS) is 17.0. The van der Waals surface area contributed by atoms with Gasteiger partial charge in [-0.2, -0.15) is 21.0 Å². The van der Waals surface area contributed by atoms with Crippen LogP contribution in [0.5, 0.6) is 0 Å². The number of likely N-dealkylation sites (tertiary alicyclic amines) is 1. The summed E-state index contributed by atoms with van der Waals surface area (Å²) < 4.78 is 16.7. The predicted octanol–water partition coefficient (Wildman–Crippen LogP) is 3.53. The first kappa shape index (κ1) is 28.1. The van der Waals surface area contributed by atoms with Gasteiger partial charge >= 0.3 is 12.1 Å². The summed E-state index contributed by atoms with van der Waals surface area (Å²) in [7, 11) is 1.31. The highest BCUT2D eigenvalue weighted by molar-refractivity contribution is 7.98. The summed E-state index contributed by atoms with van der Waals surface area (Å²) >= 11 is 1.59. The number of carbonyl (C=O) groups excluding carboxylic acids is 3. The third kappa shape index (κ3) is 8.60. The number of carbonyl (C=O) groups is 3. The average molecular weight is 496 g/mol. The minimum Gasteiger partial charge on any atom is -0.467 e. The lowest BCUT2D eigenvalue weighted by atomic mass is 10.1. The molecule has 190 valence electrons. The zero-order valence-electron chi connectivity index (χ0n) is 21.0. The average Bonchev–Trinajstić information content (AvgIpc) is 3.28. The van der Waals surface area contributed by atoms with Crippen LogP contribution in [0.3, 0.4) is 0 Å². The molecule has 1 aromatic rings. The Hall–Kier alpha value is -2.10. The third-order valence-corrected chi connectivity index (χ3v) is 6.34. The molecule has 0 radical (unpaired) electrons. The van der Waals surface area contributed by atoms with Crippen LogP contribution >= 0.6 is 11.8 Å². The van der Waals surface area contributed by atoms with Gasteiger partial charge in [-0.1, -0.05) is 30.3 Å². The molecule has 1 heterocycles. The maximum atomic E-state index is 13.3. The summed E-state index contributed by atoms with van der Waals surface area (Å²) in [5.41, 5.74) is 0.308. The van der Waals surface area contributed by atoms with Crippen molar-refractivity contribution in [3.63, 3.8) is 0 Å². The fourth-order valence-electron chi connectivity index (χ4n) is 3.84. The molecule has 1 fully saturated rings. The number of nitrogens with one attached hydrogen (secondary N) is 1. The van der Waals surface area contributed by atoms with Crippen molar-refractivity contribution in [3.05, 3.63) is 35.9 Å². The number of amides is 2. The molecule has 0 bridgehead atoms. The second kappa shape index (κ2) is 13.1. The number of hydrogen-bond acceptors (Lipinski definition) is 7. The van der Waals surface area contributed by atoms with E-state index in [-0.39, 0.29) is 17.3 Å². The second-order valence-corrected chi connectivity index (χ2v) is 10.6. The van der Waals surface area contributed by atoms with E-state index >= 15 is 0 Å². The summed E-state index contributed by atoms with van der Waals surface area (Å²) in [4.78, 5) is 38.6. The van der Waals surface area contributed by atoms with Gasteiger partial charge < -0.3 is 19.5 Å². The minimum absolute atomic E-state index is 0.0305. The number of quaternary nitrogens is 1. The Bertz CT molecular complexity index is 805. The number of ether oxygens (including phenoxy) is 3. The molecular weight excluding hydrogens is 456 g/mol. The third-order valence-electron chi connectivity index (χ3n) is 5.70. The molecule has 8 nitrogen and oxygen atoms in total. The van der Waals surface area contributed by atoms with Gasteiger partial charge in [-0.3, -0.25) is 4.79 Å². The number of benzene rings is 1. The number of methoxy groups -OCH3 is 1. The number of esters is 1. The number of rotatable bonds is 11. The standard InChI is InChI=1S/C25H38N2O6S/c1-25(2,3)33-24(30)27(14-9-10-15-27)18-32-21(17-19-11-7-6-8-12-19)22(28)26-20(13-16-34-5)23(29)31-4/h6-8,11-12,20-21H,9-10,13-18H2,1-5H3/p+1/t20-,21?/m0/s1. The Morgan fingerprint density at radius 2 is 1.76 bits per heavy atom. The molecule has 0 spiro atoms. The zero-order chi connectivity index (χ0) is 25.2. The van der Waals surface area contributed by atoms with E-state index in [0.29, 0.717) is 31.7 Å². The Morgan fingerprint density at radius 3 is 2.32 bits per heavy atom. The molecule has 9 heteroatoms. The molecule has 1 aliphatic rings. The van der Waals surface area contributed by atoms with Gasteiger partial charge in [-0.25, -0.2) is 4.79 Å². The van der Waals surface area contributed by atoms with E-state index in [9.17, 15) is 14.4 Å². The summed E-state index contributed by atoms with van der Waals surface area (Å²) in [5.74, 6) is -0.192. The van der Waals surface area contributed by atoms with Crippen molar-refractivity contribution in [1.82, 2.24) is 5.32 Å². The van der Waals surface area contributed by atoms with Crippen LogP contribution in [0.15, 0.2) is 30.3 Å². The molecule has 1 N–H and O–H groups in total. The first-order valence-electron chi connectivity index (χ1n) is 11.7. The molecule has 2 amide bonds. The van der Waals surface area contributed by atoms with E-state index in [0.717, 1.165) is 18.4 Å². The molecule has 0 aromatic heterocycles. The highest BCUT2D eigenvalue weighted by Crippen LogP contribution is 2.25. The van der Waals surface area contributed by atoms with Crippen molar-refractivity contribution >= 4 is 29.7 Å². The molecule has 1 aromatic carbocycles. The first-order chi connectivity index (χ1) is 16.1. The van der Waals surface area contributed by atoms with Crippen LogP contribution < -0.4 is 5.32 Å². The van der Waals surface area contributed by atoms with Gasteiger partial charge in [0.1, 0.15) is 17.7 Å². The fraction of sp³-hybridized carbons (Fsp3) is 0.640. The van der Waals surface area contributed by atoms with Gasteiger partial charge in [0.15, 0.2) is 6.73 Å². The van der Waals surface area contributed by atoms with Crippen molar-refractivity contribution in [1.29, 1.82) is 0 Å². The molecule has 2 atom stereocenters. The van der Waals surface area contributed by atoms with Crippen LogP contribution in [-0.4, -0.2) is 79.1 Å². The Kier molecular flexibility index (Phi) is 10.9. The highest BCUT2D eigenvalue weighted by atomic mass is 32.2. The molecule has 0 saturated carbocycles. The molecule has 34 heavy (non-hydrogen) atoms. The van der Waals surface area contributed by atoms with E-state index in [2.05, 4.69) is 5.32 Å². The second-order valence-electron chi connectivity index (χ2n) is 9.62. The summed E-state index contributed by atoms with van der Waals surface area (Å²) in [6.07, 6.45) is 3.27. The lowest BCUT2D eigenvalue weighted by Crippen LogP contribution is -2.56. The van der Waals surface area contributed by atoms with Crippen LogP contribution in [0.2, 0.25) is 0 Å². The van der Waals surface area contributed by atoms with Crippen LogP contribution in [0.4, 0.5) is 4.79 Å². The van der Waals surface area contributed by atoms with Gasteiger partial charge in [0.25, 0.3) is 0 Å². The van der Waals surface area contributed by atoms with E-state index in [1.54, 1.807) is 11.8 Å². The Morgan fingerprint density at radius 1 is 1.12 bits per heavy atom. The molecule has 1 aliphatic heterocycles. The van der Waals surface area contributed by atoms with Crippen molar-refractivity contribution < 1.29 is 33.1 Å². The molecule has 0 aliphatic carbocycles. The van der Waals surface area contributed by atoms with Crippen LogP contribution in [0, 0.1) is 0 Å². The number of hydrogen-bond donors (Lipinski definition) is 1. The SMILES string of the molecule is COC(=O)[C@H](CCSC)NC(=O)C(Cc1ccccc1)OC[N+]1(C(=O)OC(C)(C)C)CCCC1. The van der Waals surface area contributed by atoms with Gasteiger partial charge in [0.05, 0.1) is 20.2 Å². The lowest BCUT2D eigenvalue weighted by Gasteiger charge is -2.33. The van der Waals surface area contributed by atoms with Crippen LogP contribution in [0.1, 0.15) is 45.6 Å². The molecule has 1 unspecified atom stereocenters. The van der Waals surface area contributed by atoms with Gasteiger partial charge in [0.2, 0.25) is 5.91 Å². The molecule has 1 saturated heterocycles. The summed E-state index contributed by atoms with van der Waals surface area (Å²) in [6.45, 7) is 6.76. The van der Waals surface area contributed by atoms with Crippen molar-refractivity contribution in [3.8, 4) is 0 Å². The van der Waals surface area contributed by atoms with Crippen molar-refractivity contribution in [2.24, 2.45) is 0 Å².